The zero-order chi connectivity index (χ0) is 33.0. The van der Waals surface area contributed by atoms with Crippen LogP contribution in [0.2, 0.25) is 0 Å². The summed E-state index contributed by atoms with van der Waals surface area (Å²) in [6.07, 6.45) is 0. The molecule has 0 radical (unpaired) electrons. The highest BCUT2D eigenvalue weighted by molar-refractivity contribution is 7.19. The predicted molar refractivity (Wildman–Crippen MR) is 211 cm³/mol. The van der Waals surface area contributed by atoms with Crippen molar-refractivity contribution < 1.29 is 0 Å². The highest BCUT2D eigenvalue weighted by Gasteiger charge is 2.21. The summed E-state index contributed by atoms with van der Waals surface area (Å²) in [5, 5.41) is 5.89. The zero-order valence-corrected chi connectivity index (χ0v) is 27.8. The van der Waals surface area contributed by atoms with Gasteiger partial charge in [0.1, 0.15) is 0 Å². The molecule has 3 heterocycles. The topological polar surface area (TPSA) is 30.7 Å². The van der Waals surface area contributed by atoms with Crippen LogP contribution in [0.15, 0.2) is 176 Å². The van der Waals surface area contributed by atoms with Crippen molar-refractivity contribution in [3.63, 3.8) is 0 Å². The molecule has 4 heteroatoms. The van der Waals surface area contributed by atoms with Gasteiger partial charge in [-0.25, -0.2) is 9.97 Å². The number of hydrogen-bond donors (Lipinski definition) is 0. The van der Waals surface area contributed by atoms with Crippen molar-refractivity contribution in [1.82, 2.24) is 14.5 Å². The second-order valence-corrected chi connectivity index (χ2v) is 13.7. The van der Waals surface area contributed by atoms with Gasteiger partial charge in [0, 0.05) is 37.0 Å². The monoisotopic (exact) mass is 655 g/mol. The van der Waals surface area contributed by atoms with Crippen LogP contribution in [-0.2, 0) is 0 Å². The molecule has 0 fully saturated rings. The van der Waals surface area contributed by atoms with Crippen LogP contribution in [-0.4, -0.2) is 14.5 Å². The molecule has 0 saturated heterocycles. The van der Waals surface area contributed by atoms with Gasteiger partial charge in [-0.1, -0.05) is 146 Å². The van der Waals surface area contributed by atoms with E-state index in [0.717, 1.165) is 33.2 Å². The normalized spacial score (nSPS) is 11.6. The minimum atomic E-state index is 0.662. The largest absolute Gasteiger partial charge is 0.278 e. The van der Waals surface area contributed by atoms with E-state index in [0.29, 0.717) is 5.95 Å². The van der Waals surface area contributed by atoms with E-state index in [-0.39, 0.29) is 0 Å². The Morgan fingerprint density at radius 2 is 0.980 bits per heavy atom. The van der Waals surface area contributed by atoms with Gasteiger partial charge >= 0.3 is 0 Å². The van der Waals surface area contributed by atoms with E-state index in [1.54, 1.807) is 0 Å². The molecule has 0 aliphatic rings. The molecule has 234 valence electrons. The summed E-state index contributed by atoms with van der Waals surface area (Å²) in [7, 11) is 0. The Kier molecular flexibility index (Phi) is 6.68. The van der Waals surface area contributed by atoms with Crippen LogP contribution >= 0.6 is 11.3 Å². The zero-order valence-electron chi connectivity index (χ0n) is 27.0. The van der Waals surface area contributed by atoms with Crippen LogP contribution in [0.4, 0.5) is 0 Å². The molecule has 0 N–H and O–H groups in total. The lowest BCUT2D eigenvalue weighted by atomic mass is 9.98. The number of hydrogen-bond acceptors (Lipinski definition) is 3. The van der Waals surface area contributed by atoms with Gasteiger partial charge in [-0.05, 0) is 57.8 Å². The summed E-state index contributed by atoms with van der Waals surface area (Å²) in [5.74, 6) is 0.662. The van der Waals surface area contributed by atoms with Crippen molar-refractivity contribution in [2.24, 2.45) is 0 Å². The third kappa shape index (κ3) is 4.65. The highest BCUT2D eigenvalue weighted by atomic mass is 32.1. The SMILES string of the molecule is c1ccc(-c2ccc(-c3nc(-n4c5ccccc5c5c6ccccc6c(-c6ccc(-c7ccccc7)s6)cc54)nc4ccccc34)cc2)cc1. The van der Waals surface area contributed by atoms with Gasteiger partial charge in [0.25, 0.3) is 0 Å². The van der Waals surface area contributed by atoms with Crippen LogP contribution in [0.5, 0.6) is 0 Å². The molecule has 0 amide bonds. The average molecular weight is 656 g/mol. The first-order valence-electron chi connectivity index (χ1n) is 16.8. The quantitative estimate of drug-likeness (QED) is 0.185. The minimum absolute atomic E-state index is 0.662. The van der Waals surface area contributed by atoms with Crippen LogP contribution in [0.25, 0.3) is 92.7 Å². The van der Waals surface area contributed by atoms with E-state index in [4.69, 9.17) is 9.97 Å². The molecule has 0 atom stereocenters. The average Bonchev–Trinajstić information content (AvgIpc) is 3.82. The summed E-state index contributed by atoms with van der Waals surface area (Å²) in [6, 6.07) is 62.5. The third-order valence-electron chi connectivity index (χ3n) is 9.67. The van der Waals surface area contributed by atoms with Crippen molar-refractivity contribution >= 4 is 54.8 Å². The molecule has 3 nitrogen and oxygen atoms in total. The lowest BCUT2D eigenvalue weighted by Crippen LogP contribution is -2.03. The van der Waals surface area contributed by atoms with Crippen LogP contribution in [0.3, 0.4) is 0 Å². The molecular weight excluding hydrogens is 627 g/mol. The summed E-state index contributed by atoms with van der Waals surface area (Å²) in [4.78, 5) is 13.1. The van der Waals surface area contributed by atoms with E-state index in [2.05, 4.69) is 180 Å². The summed E-state index contributed by atoms with van der Waals surface area (Å²) < 4.78 is 2.26. The second kappa shape index (κ2) is 11.7. The van der Waals surface area contributed by atoms with Crippen LogP contribution in [0, 0.1) is 0 Å². The standard InChI is InChI=1S/C46H29N3S/c1-3-13-30(14-4-1)31-23-25-33(26-24-31)45-36-19-9-11-21-39(36)47-46(48-45)49-40-22-12-10-20-37(40)44-35-18-8-7-17-34(35)38(29-41(44)49)43-28-27-42(50-43)32-15-5-2-6-16-32/h1-29H. The highest BCUT2D eigenvalue weighted by Crippen LogP contribution is 2.44. The van der Waals surface area contributed by atoms with E-state index in [9.17, 15) is 0 Å². The van der Waals surface area contributed by atoms with E-state index in [1.165, 1.54) is 53.6 Å². The number of benzene rings is 7. The fourth-order valence-electron chi connectivity index (χ4n) is 7.32. The van der Waals surface area contributed by atoms with Gasteiger partial charge in [-0.3, -0.25) is 4.57 Å². The van der Waals surface area contributed by atoms with Gasteiger partial charge in [-0.2, -0.15) is 0 Å². The smallest absolute Gasteiger partial charge is 0.235 e. The molecule has 0 unspecified atom stereocenters. The van der Waals surface area contributed by atoms with E-state index >= 15 is 0 Å². The summed E-state index contributed by atoms with van der Waals surface area (Å²) in [6.45, 7) is 0. The van der Waals surface area contributed by atoms with Gasteiger partial charge < -0.3 is 0 Å². The van der Waals surface area contributed by atoms with Crippen LogP contribution < -0.4 is 0 Å². The molecule has 7 aromatic carbocycles. The van der Waals surface area contributed by atoms with Crippen molar-refractivity contribution in [1.29, 1.82) is 0 Å². The maximum atomic E-state index is 5.40. The van der Waals surface area contributed by atoms with Crippen molar-refractivity contribution in [2.75, 3.05) is 0 Å². The van der Waals surface area contributed by atoms with Gasteiger partial charge in [0.05, 0.1) is 22.2 Å². The fraction of sp³-hybridized carbons (Fsp3) is 0. The van der Waals surface area contributed by atoms with E-state index in [1.807, 2.05) is 11.3 Å². The first kappa shape index (κ1) is 28.6. The van der Waals surface area contributed by atoms with Crippen molar-refractivity contribution in [3.05, 3.63) is 176 Å². The number of rotatable bonds is 5. The molecule has 3 aromatic heterocycles. The maximum absolute atomic E-state index is 5.40. The molecule has 0 bridgehead atoms. The fourth-order valence-corrected chi connectivity index (χ4v) is 8.37. The Morgan fingerprint density at radius 1 is 0.400 bits per heavy atom. The number of para-hydroxylation sites is 2. The van der Waals surface area contributed by atoms with Gasteiger partial charge in [-0.15, -0.1) is 11.3 Å². The minimum Gasteiger partial charge on any atom is -0.278 e. The molecule has 10 aromatic rings. The number of aromatic nitrogens is 3. The molecule has 10 rings (SSSR count). The Labute approximate surface area is 293 Å². The van der Waals surface area contributed by atoms with Crippen molar-refractivity contribution in [3.8, 4) is 49.2 Å². The molecular formula is C46H29N3S. The van der Waals surface area contributed by atoms with Gasteiger partial charge in [0.15, 0.2) is 0 Å². The van der Waals surface area contributed by atoms with E-state index < -0.39 is 0 Å². The van der Waals surface area contributed by atoms with Gasteiger partial charge in [0.2, 0.25) is 5.95 Å². The lowest BCUT2D eigenvalue weighted by Gasteiger charge is -2.13. The molecule has 0 spiro atoms. The first-order chi connectivity index (χ1) is 24.8. The Hall–Kier alpha value is -6.36. The molecule has 0 saturated carbocycles. The molecule has 0 aliphatic carbocycles. The molecule has 0 aliphatic heterocycles. The Bertz CT molecular complexity index is 2850. The number of fused-ring (bicyclic) bond motifs is 6. The maximum Gasteiger partial charge on any atom is 0.235 e. The predicted octanol–water partition coefficient (Wildman–Crippen LogP) is 12.6. The Balaban J connectivity index is 1.23. The Morgan fingerprint density at radius 3 is 1.76 bits per heavy atom. The lowest BCUT2D eigenvalue weighted by molar-refractivity contribution is 1.01. The second-order valence-electron chi connectivity index (χ2n) is 12.6. The summed E-state index contributed by atoms with van der Waals surface area (Å²) >= 11 is 1.83. The number of nitrogens with zero attached hydrogens (tertiary/aromatic N) is 3. The van der Waals surface area contributed by atoms with Crippen LogP contribution in [0.1, 0.15) is 0 Å². The third-order valence-corrected chi connectivity index (χ3v) is 10.8. The summed E-state index contributed by atoms with van der Waals surface area (Å²) in [5.41, 5.74) is 9.89. The van der Waals surface area contributed by atoms with Crippen molar-refractivity contribution in [2.45, 2.75) is 0 Å². The number of thiophene rings is 1. The molecule has 50 heavy (non-hydrogen) atoms. The first-order valence-corrected chi connectivity index (χ1v) is 17.7.